The summed E-state index contributed by atoms with van der Waals surface area (Å²) in [6.45, 7) is 6.13. The van der Waals surface area contributed by atoms with Crippen molar-refractivity contribution in [3.63, 3.8) is 0 Å². The van der Waals surface area contributed by atoms with E-state index in [-0.39, 0.29) is 18.5 Å². The summed E-state index contributed by atoms with van der Waals surface area (Å²) in [5, 5.41) is 7.06. The molecule has 2 heterocycles. The van der Waals surface area contributed by atoms with Crippen LogP contribution in [0.1, 0.15) is 36.5 Å². The minimum absolute atomic E-state index is 0.0657. The minimum Gasteiger partial charge on any atom is -0.345 e. The van der Waals surface area contributed by atoms with Crippen LogP contribution in [0.3, 0.4) is 0 Å². The molecule has 0 aromatic carbocycles. The zero-order valence-electron chi connectivity index (χ0n) is 11.5. The van der Waals surface area contributed by atoms with Crippen LogP contribution in [0.4, 0.5) is 0 Å². The van der Waals surface area contributed by atoms with Gasteiger partial charge in [-0.15, -0.1) is 0 Å². The van der Waals surface area contributed by atoms with Crippen LogP contribution in [0.15, 0.2) is 18.6 Å². The van der Waals surface area contributed by atoms with Crippen molar-refractivity contribution in [2.75, 3.05) is 0 Å². The summed E-state index contributed by atoms with van der Waals surface area (Å²) in [6, 6.07) is -0.0853. The molecule has 2 aromatic rings. The van der Waals surface area contributed by atoms with Gasteiger partial charge in [-0.1, -0.05) is 6.92 Å². The molecule has 0 unspecified atom stereocenters. The maximum atomic E-state index is 12.0. The first-order chi connectivity index (χ1) is 9.08. The number of nitrogens with zero attached hydrogens (tertiary/aromatic N) is 3. The molecule has 0 radical (unpaired) electrons. The van der Waals surface area contributed by atoms with Gasteiger partial charge in [0.2, 0.25) is 5.91 Å². The molecule has 0 fully saturated rings. The summed E-state index contributed by atoms with van der Waals surface area (Å²) in [5.41, 5.74) is 2.03. The molecule has 1 atom stereocenters. The van der Waals surface area contributed by atoms with Gasteiger partial charge in [0, 0.05) is 18.1 Å². The Morgan fingerprint density at radius 3 is 2.79 bits per heavy atom. The predicted octanol–water partition coefficient (Wildman–Crippen LogP) is 1.49. The molecule has 0 spiro atoms. The Labute approximate surface area is 112 Å². The highest BCUT2D eigenvalue weighted by molar-refractivity contribution is 5.76. The highest BCUT2D eigenvalue weighted by Crippen LogP contribution is 2.12. The second kappa shape index (κ2) is 5.69. The molecular weight excluding hydrogens is 242 g/mol. The van der Waals surface area contributed by atoms with E-state index >= 15 is 0 Å². The number of amides is 1. The summed E-state index contributed by atoms with van der Waals surface area (Å²) in [7, 11) is 0. The van der Waals surface area contributed by atoms with E-state index in [0.29, 0.717) is 0 Å². The van der Waals surface area contributed by atoms with Crippen LogP contribution in [0.5, 0.6) is 0 Å². The van der Waals surface area contributed by atoms with Gasteiger partial charge in [-0.05, 0) is 25.8 Å². The van der Waals surface area contributed by atoms with E-state index in [1.807, 2.05) is 27.0 Å². The number of hydrogen-bond donors (Lipinski definition) is 2. The highest BCUT2D eigenvalue weighted by Gasteiger charge is 2.15. The average Bonchev–Trinajstić information content (AvgIpc) is 2.95. The van der Waals surface area contributed by atoms with Crippen molar-refractivity contribution in [1.29, 1.82) is 0 Å². The van der Waals surface area contributed by atoms with E-state index in [1.165, 1.54) is 0 Å². The maximum Gasteiger partial charge on any atom is 0.242 e. The van der Waals surface area contributed by atoms with Gasteiger partial charge in [0.05, 0.1) is 12.2 Å². The van der Waals surface area contributed by atoms with E-state index in [1.54, 1.807) is 17.1 Å². The Bertz CT molecular complexity index is 557. The monoisotopic (exact) mass is 261 g/mol. The van der Waals surface area contributed by atoms with Gasteiger partial charge < -0.3 is 10.3 Å². The van der Waals surface area contributed by atoms with Gasteiger partial charge in [0.25, 0.3) is 0 Å². The Hall–Kier alpha value is -2.11. The summed E-state index contributed by atoms with van der Waals surface area (Å²) < 4.78 is 1.63. The molecule has 1 amide bonds. The lowest BCUT2D eigenvalue weighted by Gasteiger charge is -2.14. The third-order valence-corrected chi connectivity index (χ3v) is 2.86. The van der Waals surface area contributed by atoms with Crippen molar-refractivity contribution in [3.05, 3.63) is 35.7 Å². The molecule has 0 aliphatic rings. The van der Waals surface area contributed by atoms with E-state index in [0.717, 1.165) is 23.5 Å². The van der Waals surface area contributed by atoms with Crippen LogP contribution in [0, 0.1) is 13.8 Å². The molecule has 6 nitrogen and oxygen atoms in total. The summed E-state index contributed by atoms with van der Waals surface area (Å²) >= 11 is 0. The largest absolute Gasteiger partial charge is 0.345 e. The lowest BCUT2D eigenvalue weighted by molar-refractivity contribution is -0.122. The number of aromatic amines is 1. The zero-order chi connectivity index (χ0) is 13.8. The van der Waals surface area contributed by atoms with Crippen LogP contribution in [0.25, 0.3) is 0 Å². The van der Waals surface area contributed by atoms with Crippen molar-refractivity contribution >= 4 is 5.91 Å². The van der Waals surface area contributed by atoms with Gasteiger partial charge in [0.15, 0.2) is 0 Å². The topological polar surface area (TPSA) is 75.6 Å². The molecule has 0 saturated carbocycles. The van der Waals surface area contributed by atoms with Crippen LogP contribution in [0.2, 0.25) is 0 Å². The first-order valence-electron chi connectivity index (χ1n) is 6.38. The fourth-order valence-corrected chi connectivity index (χ4v) is 1.91. The van der Waals surface area contributed by atoms with Crippen LogP contribution >= 0.6 is 0 Å². The Morgan fingerprint density at radius 2 is 2.26 bits per heavy atom. The number of carbonyl (C=O) groups is 1. The fourth-order valence-electron chi connectivity index (χ4n) is 1.91. The first-order valence-corrected chi connectivity index (χ1v) is 6.38. The van der Waals surface area contributed by atoms with Crippen molar-refractivity contribution in [2.24, 2.45) is 0 Å². The molecule has 6 heteroatoms. The van der Waals surface area contributed by atoms with Gasteiger partial charge >= 0.3 is 0 Å². The number of H-pyrrole nitrogens is 1. The number of carbonyl (C=O) groups excluding carboxylic acids is 1. The normalized spacial score (nSPS) is 12.4. The van der Waals surface area contributed by atoms with Crippen molar-refractivity contribution in [1.82, 2.24) is 25.1 Å². The lowest BCUT2D eigenvalue weighted by atomic mass is 10.2. The second-order valence-corrected chi connectivity index (χ2v) is 4.70. The minimum atomic E-state index is -0.0853. The van der Waals surface area contributed by atoms with E-state index in [2.05, 4.69) is 20.4 Å². The Kier molecular flexibility index (Phi) is 3.99. The van der Waals surface area contributed by atoms with Gasteiger partial charge in [-0.3, -0.25) is 9.48 Å². The lowest BCUT2D eigenvalue weighted by Crippen LogP contribution is -2.32. The number of imidazole rings is 1. The van der Waals surface area contributed by atoms with E-state index in [4.69, 9.17) is 0 Å². The van der Waals surface area contributed by atoms with Gasteiger partial charge in [0.1, 0.15) is 12.4 Å². The first kappa shape index (κ1) is 13.3. The third kappa shape index (κ3) is 3.43. The Balaban J connectivity index is 1.96. The predicted molar refractivity (Wildman–Crippen MR) is 71.5 cm³/mol. The summed E-state index contributed by atoms with van der Waals surface area (Å²) in [4.78, 5) is 19.4. The molecule has 0 bridgehead atoms. The molecule has 19 heavy (non-hydrogen) atoms. The zero-order valence-corrected chi connectivity index (χ0v) is 11.5. The maximum absolute atomic E-state index is 12.0. The quantitative estimate of drug-likeness (QED) is 0.856. The van der Waals surface area contributed by atoms with Crippen LogP contribution in [-0.2, 0) is 11.3 Å². The standard InChI is InChI=1S/C13H19N5O/c1-4-11(13-14-6-10(3)16-13)17-12(19)8-18-7-9(2)5-15-18/h5-7,11H,4,8H2,1-3H3,(H,14,16)(H,17,19)/t11-/m1/s1. The number of rotatable bonds is 5. The summed E-state index contributed by atoms with van der Waals surface area (Å²) in [5.74, 6) is 0.731. The van der Waals surface area contributed by atoms with E-state index in [9.17, 15) is 4.79 Å². The second-order valence-electron chi connectivity index (χ2n) is 4.70. The van der Waals surface area contributed by atoms with Crippen LogP contribution in [-0.4, -0.2) is 25.7 Å². The number of hydrogen-bond acceptors (Lipinski definition) is 3. The van der Waals surface area contributed by atoms with Crippen molar-refractivity contribution < 1.29 is 4.79 Å². The molecule has 2 N–H and O–H groups in total. The average molecular weight is 261 g/mol. The molecule has 2 aromatic heterocycles. The third-order valence-electron chi connectivity index (χ3n) is 2.86. The molecule has 0 aliphatic heterocycles. The highest BCUT2D eigenvalue weighted by atomic mass is 16.2. The Morgan fingerprint density at radius 1 is 1.47 bits per heavy atom. The number of nitrogens with one attached hydrogen (secondary N) is 2. The van der Waals surface area contributed by atoms with Gasteiger partial charge in [-0.25, -0.2) is 4.98 Å². The van der Waals surface area contributed by atoms with Crippen molar-refractivity contribution in [2.45, 2.75) is 39.8 Å². The smallest absolute Gasteiger partial charge is 0.242 e. The summed E-state index contributed by atoms with van der Waals surface area (Å²) in [6.07, 6.45) is 6.13. The molecular formula is C13H19N5O. The van der Waals surface area contributed by atoms with Crippen LogP contribution < -0.4 is 5.32 Å². The fraction of sp³-hybridized carbons (Fsp3) is 0.462. The van der Waals surface area contributed by atoms with Gasteiger partial charge in [-0.2, -0.15) is 5.10 Å². The molecule has 102 valence electrons. The van der Waals surface area contributed by atoms with Crippen molar-refractivity contribution in [3.8, 4) is 0 Å². The SMILES string of the molecule is CC[C@@H](NC(=O)Cn1cc(C)cn1)c1ncc(C)[nH]1. The number of aromatic nitrogens is 4. The molecule has 2 rings (SSSR count). The number of aryl methyl sites for hydroxylation is 2. The molecule has 0 aliphatic carbocycles. The molecule has 0 saturated heterocycles. The van der Waals surface area contributed by atoms with E-state index < -0.39 is 0 Å².